The highest BCUT2D eigenvalue weighted by Gasteiger charge is 2.50. The van der Waals surface area contributed by atoms with Crippen LogP contribution in [0.4, 0.5) is 4.79 Å². The number of nitrogens with zero attached hydrogens (tertiary/aromatic N) is 1. The Morgan fingerprint density at radius 2 is 1.79 bits per heavy atom. The molecular weight excluding hydrogens is 240 g/mol. The number of carbonyl (C=O) groups is 2. The van der Waals surface area contributed by atoms with Crippen molar-refractivity contribution in [3.05, 3.63) is 35.4 Å². The maximum absolute atomic E-state index is 12.1. The fourth-order valence-electron chi connectivity index (χ4n) is 2.73. The maximum atomic E-state index is 12.1. The lowest BCUT2D eigenvalue weighted by molar-refractivity contribution is -0.127. The van der Waals surface area contributed by atoms with Crippen LogP contribution in [-0.2, 0) is 11.3 Å². The van der Waals surface area contributed by atoms with E-state index in [1.807, 2.05) is 45.0 Å². The van der Waals surface area contributed by atoms with Gasteiger partial charge in [0, 0.05) is 6.54 Å². The van der Waals surface area contributed by atoms with Crippen LogP contribution >= 0.6 is 0 Å². The van der Waals surface area contributed by atoms with E-state index in [1.54, 1.807) is 4.90 Å². The molecule has 1 aliphatic rings. The SMILES string of the molecule is CCC1(CC)C(=O)NC(=O)N1Cc1ccccc1C. The molecule has 0 aromatic heterocycles. The second kappa shape index (κ2) is 5.03. The summed E-state index contributed by atoms with van der Waals surface area (Å²) < 4.78 is 0. The highest BCUT2D eigenvalue weighted by molar-refractivity contribution is 6.06. The van der Waals surface area contributed by atoms with Gasteiger partial charge in [0.15, 0.2) is 0 Å². The first-order chi connectivity index (χ1) is 9.05. The number of aryl methyl sites for hydroxylation is 1. The van der Waals surface area contributed by atoms with Crippen molar-refractivity contribution < 1.29 is 9.59 Å². The van der Waals surface area contributed by atoms with Crippen molar-refractivity contribution in [1.82, 2.24) is 10.2 Å². The zero-order valence-corrected chi connectivity index (χ0v) is 11.7. The van der Waals surface area contributed by atoms with Crippen LogP contribution in [0.15, 0.2) is 24.3 Å². The van der Waals surface area contributed by atoms with Gasteiger partial charge in [0.25, 0.3) is 5.91 Å². The molecule has 0 radical (unpaired) electrons. The Morgan fingerprint density at radius 3 is 2.37 bits per heavy atom. The smallest absolute Gasteiger partial charge is 0.305 e. The average molecular weight is 260 g/mol. The molecule has 1 aromatic carbocycles. The molecule has 1 saturated heterocycles. The molecule has 1 heterocycles. The van der Waals surface area contributed by atoms with E-state index in [4.69, 9.17) is 0 Å². The Hall–Kier alpha value is -1.84. The number of carbonyl (C=O) groups excluding carboxylic acids is 2. The topological polar surface area (TPSA) is 49.4 Å². The molecule has 102 valence electrons. The zero-order chi connectivity index (χ0) is 14.0. The molecule has 1 fully saturated rings. The second-order valence-corrected chi connectivity index (χ2v) is 5.01. The van der Waals surface area contributed by atoms with Crippen molar-refractivity contribution in [2.75, 3.05) is 0 Å². The van der Waals surface area contributed by atoms with E-state index in [2.05, 4.69) is 5.32 Å². The first kappa shape index (κ1) is 13.6. The van der Waals surface area contributed by atoms with Crippen LogP contribution in [0.3, 0.4) is 0 Å². The first-order valence-corrected chi connectivity index (χ1v) is 6.72. The average Bonchev–Trinajstić information content (AvgIpc) is 2.64. The predicted octanol–water partition coefficient (Wildman–Crippen LogP) is 2.61. The van der Waals surface area contributed by atoms with Crippen LogP contribution < -0.4 is 5.32 Å². The predicted molar refractivity (Wildman–Crippen MR) is 73.6 cm³/mol. The fraction of sp³-hybridized carbons (Fsp3) is 0.467. The molecule has 19 heavy (non-hydrogen) atoms. The molecule has 1 N–H and O–H groups in total. The Kier molecular flexibility index (Phi) is 3.60. The van der Waals surface area contributed by atoms with E-state index < -0.39 is 5.54 Å². The van der Waals surface area contributed by atoms with Crippen LogP contribution in [0.25, 0.3) is 0 Å². The largest absolute Gasteiger partial charge is 0.325 e. The summed E-state index contributed by atoms with van der Waals surface area (Å²) in [6.07, 6.45) is 1.26. The number of rotatable bonds is 4. The van der Waals surface area contributed by atoms with E-state index in [1.165, 1.54) is 0 Å². The molecule has 4 heteroatoms. The van der Waals surface area contributed by atoms with E-state index in [9.17, 15) is 9.59 Å². The number of benzene rings is 1. The summed E-state index contributed by atoms with van der Waals surface area (Å²) in [5, 5.41) is 2.45. The molecule has 1 aliphatic heterocycles. The summed E-state index contributed by atoms with van der Waals surface area (Å²) in [4.78, 5) is 25.8. The minimum absolute atomic E-state index is 0.170. The third kappa shape index (κ3) is 2.11. The first-order valence-electron chi connectivity index (χ1n) is 6.72. The molecule has 0 bridgehead atoms. The van der Waals surface area contributed by atoms with Crippen molar-refractivity contribution in [1.29, 1.82) is 0 Å². The molecular formula is C15H20N2O2. The van der Waals surface area contributed by atoms with Gasteiger partial charge in [-0.3, -0.25) is 10.1 Å². The van der Waals surface area contributed by atoms with Gasteiger partial charge < -0.3 is 4.90 Å². The minimum Gasteiger partial charge on any atom is -0.305 e. The van der Waals surface area contributed by atoms with Gasteiger partial charge in [-0.15, -0.1) is 0 Å². The third-order valence-corrected chi connectivity index (χ3v) is 4.16. The zero-order valence-electron chi connectivity index (χ0n) is 11.7. The molecule has 0 saturated carbocycles. The summed E-state index contributed by atoms with van der Waals surface area (Å²) >= 11 is 0. The van der Waals surface area contributed by atoms with Crippen LogP contribution in [0.5, 0.6) is 0 Å². The van der Waals surface area contributed by atoms with Crippen molar-refractivity contribution >= 4 is 11.9 Å². The lowest BCUT2D eigenvalue weighted by Crippen LogP contribution is -2.48. The monoisotopic (exact) mass is 260 g/mol. The van der Waals surface area contributed by atoms with Gasteiger partial charge in [-0.25, -0.2) is 4.79 Å². The Labute approximate surface area is 113 Å². The molecule has 1 aromatic rings. The van der Waals surface area contributed by atoms with Gasteiger partial charge in [-0.05, 0) is 30.9 Å². The summed E-state index contributed by atoms with van der Waals surface area (Å²) in [7, 11) is 0. The van der Waals surface area contributed by atoms with Crippen LogP contribution in [-0.4, -0.2) is 22.4 Å². The Balaban J connectivity index is 2.34. The number of urea groups is 1. The fourth-order valence-corrected chi connectivity index (χ4v) is 2.73. The third-order valence-electron chi connectivity index (χ3n) is 4.16. The van der Waals surface area contributed by atoms with Gasteiger partial charge in [0.05, 0.1) is 0 Å². The molecule has 4 nitrogen and oxygen atoms in total. The van der Waals surface area contributed by atoms with E-state index in [0.29, 0.717) is 19.4 Å². The summed E-state index contributed by atoms with van der Waals surface area (Å²) in [5.74, 6) is -0.170. The molecule has 0 unspecified atom stereocenters. The van der Waals surface area contributed by atoms with Crippen molar-refractivity contribution in [2.45, 2.75) is 45.7 Å². The molecule has 2 rings (SSSR count). The summed E-state index contributed by atoms with van der Waals surface area (Å²) in [6, 6.07) is 7.67. The van der Waals surface area contributed by atoms with Gasteiger partial charge in [0.1, 0.15) is 5.54 Å². The standard InChI is InChI=1S/C15H20N2O2/c1-4-15(5-2)13(18)16-14(19)17(15)10-12-9-7-6-8-11(12)3/h6-9H,4-5,10H2,1-3H3,(H,16,18,19). The van der Waals surface area contributed by atoms with Crippen LogP contribution in [0.2, 0.25) is 0 Å². The van der Waals surface area contributed by atoms with Crippen LogP contribution in [0.1, 0.15) is 37.8 Å². The summed E-state index contributed by atoms with van der Waals surface area (Å²) in [6.45, 7) is 6.40. The second-order valence-electron chi connectivity index (χ2n) is 5.01. The molecule has 0 spiro atoms. The van der Waals surface area contributed by atoms with Crippen LogP contribution in [0, 0.1) is 6.92 Å². The molecule has 0 atom stereocenters. The van der Waals surface area contributed by atoms with Gasteiger partial charge in [0.2, 0.25) is 0 Å². The normalized spacial score (nSPS) is 17.7. The number of nitrogens with one attached hydrogen (secondary N) is 1. The molecule has 3 amide bonds. The van der Waals surface area contributed by atoms with Crippen molar-refractivity contribution in [3.63, 3.8) is 0 Å². The maximum Gasteiger partial charge on any atom is 0.325 e. The quantitative estimate of drug-likeness (QED) is 0.846. The van der Waals surface area contributed by atoms with Gasteiger partial charge in [-0.2, -0.15) is 0 Å². The minimum atomic E-state index is -0.695. The number of hydrogen-bond acceptors (Lipinski definition) is 2. The Bertz CT molecular complexity index is 507. The van der Waals surface area contributed by atoms with Crippen molar-refractivity contribution in [3.8, 4) is 0 Å². The Morgan fingerprint density at radius 1 is 1.16 bits per heavy atom. The highest BCUT2D eigenvalue weighted by atomic mass is 16.2. The van der Waals surface area contributed by atoms with Gasteiger partial charge >= 0.3 is 6.03 Å². The lowest BCUT2D eigenvalue weighted by Gasteiger charge is -2.33. The summed E-state index contributed by atoms with van der Waals surface area (Å²) in [5.41, 5.74) is 1.52. The highest BCUT2D eigenvalue weighted by Crippen LogP contribution is 2.31. The number of hydrogen-bond donors (Lipinski definition) is 1. The lowest BCUT2D eigenvalue weighted by atomic mass is 9.90. The van der Waals surface area contributed by atoms with Crippen molar-refractivity contribution in [2.24, 2.45) is 0 Å². The number of amides is 3. The van der Waals surface area contributed by atoms with E-state index in [-0.39, 0.29) is 11.9 Å². The number of imide groups is 1. The molecule has 0 aliphatic carbocycles. The van der Waals surface area contributed by atoms with E-state index in [0.717, 1.165) is 11.1 Å². The van der Waals surface area contributed by atoms with Gasteiger partial charge in [-0.1, -0.05) is 38.1 Å². The van der Waals surface area contributed by atoms with E-state index >= 15 is 0 Å².